The lowest BCUT2D eigenvalue weighted by atomic mass is 10.1. The lowest BCUT2D eigenvalue weighted by molar-refractivity contribution is -0.112. The summed E-state index contributed by atoms with van der Waals surface area (Å²) in [5.41, 5.74) is 1.20. The van der Waals surface area contributed by atoms with Gasteiger partial charge in [0.25, 0.3) is 5.91 Å². The highest BCUT2D eigenvalue weighted by atomic mass is 35.5. The fourth-order valence-corrected chi connectivity index (χ4v) is 3.19. The van der Waals surface area contributed by atoms with Gasteiger partial charge in [0.1, 0.15) is 23.1 Å². The summed E-state index contributed by atoms with van der Waals surface area (Å²) >= 11 is 11.8. The predicted octanol–water partition coefficient (Wildman–Crippen LogP) is 5.77. The molecule has 0 saturated heterocycles. The summed E-state index contributed by atoms with van der Waals surface area (Å²) in [4.78, 5) is 24.7. The van der Waals surface area contributed by atoms with Crippen LogP contribution in [-0.4, -0.2) is 19.0 Å². The SMILES string of the molecule is COc1ccc(C(=O)Oc2ccc(/C=C(\C#N)C(=O)Nc3cc(Cl)cc(Cl)c3)cc2)cc1. The van der Waals surface area contributed by atoms with Crippen molar-refractivity contribution in [2.45, 2.75) is 0 Å². The number of nitriles is 1. The maximum Gasteiger partial charge on any atom is 0.343 e. The number of nitrogens with one attached hydrogen (secondary N) is 1. The van der Waals surface area contributed by atoms with E-state index in [4.69, 9.17) is 32.7 Å². The fourth-order valence-electron chi connectivity index (χ4n) is 2.66. The molecule has 0 unspecified atom stereocenters. The molecule has 32 heavy (non-hydrogen) atoms. The minimum atomic E-state index is -0.610. The molecule has 0 atom stereocenters. The summed E-state index contributed by atoms with van der Waals surface area (Å²) in [5.74, 6) is -0.179. The molecule has 0 fully saturated rings. The number of carbonyl (C=O) groups excluding carboxylic acids is 2. The second-order valence-corrected chi connectivity index (χ2v) is 7.34. The number of amides is 1. The molecule has 160 valence electrons. The van der Waals surface area contributed by atoms with Crippen LogP contribution in [0.1, 0.15) is 15.9 Å². The Morgan fingerprint density at radius 3 is 2.09 bits per heavy atom. The first kappa shape index (κ1) is 22.9. The molecule has 1 N–H and O–H groups in total. The van der Waals surface area contributed by atoms with Crippen LogP contribution in [0.15, 0.2) is 72.3 Å². The van der Waals surface area contributed by atoms with E-state index in [0.717, 1.165) is 0 Å². The van der Waals surface area contributed by atoms with Crippen molar-refractivity contribution in [2.24, 2.45) is 0 Å². The van der Waals surface area contributed by atoms with E-state index in [-0.39, 0.29) is 5.57 Å². The van der Waals surface area contributed by atoms with Crippen LogP contribution in [0.5, 0.6) is 11.5 Å². The largest absolute Gasteiger partial charge is 0.497 e. The molecule has 0 aromatic heterocycles. The van der Waals surface area contributed by atoms with Crippen LogP contribution in [0.3, 0.4) is 0 Å². The maximum atomic E-state index is 12.4. The van der Waals surface area contributed by atoms with Crippen molar-refractivity contribution in [1.82, 2.24) is 0 Å². The van der Waals surface area contributed by atoms with Gasteiger partial charge in [-0.3, -0.25) is 4.79 Å². The van der Waals surface area contributed by atoms with Crippen LogP contribution in [0.25, 0.3) is 6.08 Å². The first-order valence-electron chi connectivity index (χ1n) is 9.23. The summed E-state index contributed by atoms with van der Waals surface area (Å²) < 4.78 is 10.4. The fraction of sp³-hybridized carbons (Fsp3) is 0.0417. The second kappa shape index (κ2) is 10.5. The molecule has 0 heterocycles. The van der Waals surface area contributed by atoms with E-state index in [9.17, 15) is 14.9 Å². The monoisotopic (exact) mass is 466 g/mol. The lowest BCUT2D eigenvalue weighted by Gasteiger charge is -2.07. The van der Waals surface area contributed by atoms with Crippen LogP contribution in [0.2, 0.25) is 10.0 Å². The molecule has 0 aliphatic heterocycles. The van der Waals surface area contributed by atoms with Gasteiger partial charge in [0, 0.05) is 15.7 Å². The average molecular weight is 467 g/mol. The normalized spacial score (nSPS) is 10.8. The zero-order valence-electron chi connectivity index (χ0n) is 16.8. The Kier molecular flexibility index (Phi) is 7.50. The van der Waals surface area contributed by atoms with Gasteiger partial charge in [-0.05, 0) is 66.2 Å². The van der Waals surface area contributed by atoms with Gasteiger partial charge in [-0.15, -0.1) is 0 Å². The molecule has 0 bridgehead atoms. The number of rotatable bonds is 6. The molecular weight excluding hydrogens is 451 g/mol. The Morgan fingerprint density at radius 1 is 0.938 bits per heavy atom. The second-order valence-electron chi connectivity index (χ2n) is 6.47. The van der Waals surface area contributed by atoms with E-state index >= 15 is 0 Å². The first-order chi connectivity index (χ1) is 15.4. The molecule has 0 radical (unpaired) electrons. The molecule has 8 heteroatoms. The quantitative estimate of drug-likeness (QED) is 0.215. The highest BCUT2D eigenvalue weighted by Gasteiger charge is 2.12. The standard InChI is InChI=1S/C24H16Cl2N2O4/c1-31-21-8-4-16(5-9-21)24(30)32-22-6-2-15(3-7-22)10-17(14-27)23(29)28-20-12-18(25)11-19(26)13-20/h2-13H,1H3,(H,28,29)/b17-10+. The molecule has 3 rings (SSSR count). The van der Waals surface area contributed by atoms with Crippen molar-refractivity contribution in [3.05, 3.63) is 93.5 Å². The average Bonchev–Trinajstić information content (AvgIpc) is 2.77. The number of esters is 1. The molecule has 0 saturated carbocycles. The first-order valence-corrected chi connectivity index (χ1v) is 9.99. The molecule has 3 aromatic carbocycles. The summed E-state index contributed by atoms with van der Waals surface area (Å²) in [6.07, 6.45) is 1.41. The number of hydrogen-bond acceptors (Lipinski definition) is 5. The van der Waals surface area contributed by atoms with Crippen molar-refractivity contribution in [1.29, 1.82) is 5.26 Å². The van der Waals surface area contributed by atoms with E-state index in [1.807, 2.05) is 6.07 Å². The molecule has 0 spiro atoms. The summed E-state index contributed by atoms with van der Waals surface area (Å²) in [7, 11) is 1.54. The minimum Gasteiger partial charge on any atom is -0.497 e. The summed E-state index contributed by atoms with van der Waals surface area (Å²) in [5, 5.41) is 12.7. The van der Waals surface area contributed by atoms with Gasteiger partial charge in [-0.2, -0.15) is 5.26 Å². The number of hydrogen-bond donors (Lipinski definition) is 1. The number of halogens is 2. The molecule has 0 aliphatic rings. The number of ether oxygens (including phenoxy) is 2. The van der Waals surface area contributed by atoms with Gasteiger partial charge in [0.2, 0.25) is 0 Å². The number of anilines is 1. The highest BCUT2D eigenvalue weighted by Crippen LogP contribution is 2.23. The topological polar surface area (TPSA) is 88.4 Å². The van der Waals surface area contributed by atoms with Gasteiger partial charge in [0.05, 0.1) is 12.7 Å². The third-order valence-electron chi connectivity index (χ3n) is 4.21. The molecular formula is C24H16Cl2N2O4. The summed E-state index contributed by atoms with van der Waals surface area (Å²) in [6.45, 7) is 0. The zero-order valence-corrected chi connectivity index (χ0v) is 18.3. The molecule has 1 amide bonds. The molecule has 0 aliphatic carbocycles. The summed E-state index contributed by atoms with van der Waals surface area (Å²) in [6, 6.07) is 19.3. The smallest absolute Gasteiger partial charge is 0.343 e. The van der Waals surface area contributed by atoms with Crippen molar-refractivity contribution in [3.8, 4) is 17.6 Å². The van der Waals surface area contributed by atoms with Crippen LogP contribution < -0.4 is 14.8 Å². The molecule has 3 aromatic rings. The van der Waals surface area contributed by atoms with E-state index in [2.05, 4.69) is 5.32 Å². The third-order valence-corrected chi connectivity index (χ3v) is 4.65. The predicted molar refractivity (Wildman–Crippen MR) is 123 cm³/mol. The Labute approximate surface area is 194 Å². The highest BCUT2D eigenvalue weighted by molar-refractivity contribution is 6.35. The number of methoxy groups -OCH3 is 1. The van der Waals surface area contributed by atoms with Crippen LogP contribution in [-0.2, 0) is 4.79 Å². The van der Waals surface area contributed by atoms with Gasteiger partial charge in [-0.1, -0.05) is 35.3 Å². The zero-order chi connectivity index (χ0) is 23.1. The Morgan fingerprint density at radius 2 is 1.53 bits per heavy atom. The lowest BCUT2D eigenvalue weighted by Crippen LogP contribution is -2.13. The van der Waals surface area contributed by atoms with Crippen LogP contribution in [0.4, 0.5) is 5.69 Å². The van der Waals surface area contributed by atoms with Gasteiger partial charge >= 0.3 is 5.97 Å². The minimum absolute atomic E-state index is 0.121. The van der Waals surface area contributed by atoms with Crippen molar-refractivity contribution in [3.63, 3.8) is 0 Å². The third kappa shape index (κ3) is 6.11. The van der Waals surface area contributed by atoms with E-state index in [1.54, 1.807) is 48.5 Å². The van der Waals surface area contributed by atoms with E-state index in [1.165, 1.54) is 31.4 Å². The molecule has 6 nitrogen and oxygen atoms in total. The van der Waals surface area contributed by atoms with Crippen molar-refractivity contribution >= 4 is 46.8 Å². The van der Waals surface area contributed by atoms with Crippen molar-refractivity contribution in [2.75, 3.05) is 12.4 Å². The number of nitrogens with zero attached hydrogens (tertiary/aromatic N) is 1. The Hall–Kier alpha value is -3.79. The van der Waals surface area contributed by atoms with Crippen LogP contribution >= 0.6 is 23.2 Å². The van der Waals surface area contributed by atoms with Crippen molar-refractivity contribution < 1.29 is 19.1 Å². The maximum absolute atomic E-state index is 12.4. The number of carbonyl (C=O) groups is 2. The van der Waals surface area contributed by atoms with E-state index < -0.39 is 11.9 Å². The van der Waals surface area contributed by atoms with Gasteiger partial charge in [0.15, 0.2) is 0 Å². The van der Waals surface area contributed by atoms with E-state index in [0.29, 0.717) is 38.4 Å². The Balaban J connectivity index is 1.68. The van der Waals surface area contributed by atoms with Gasteiger partial charge < -0.3 is 14.8 Å². The van der Waals surface area contributed by atoms with Gasteiger partial charge in [-0.25, -0.2) is 4.79 Å². The van der Waals surface area contributed by atoms with Crippen LogP contribution in [0, 0.1) is 11.3 Å². The number of benzene rings is 3. The Bertz CT molecular complexity index is 1190.